The number of rotatable bonds is 5. The molecule has 29 heavy (non-hydrogen) atoms. The van der Waals surface area contributed by atoms with Crippen molar-refractivity contribution in [2.24, 2.45) is 0 Å². The zero-order valence-electron chi connectivity index (χ0n) is 15.9. The Morgan fingerprint density at radius 1 is 1.10 bits per heavy atom. The zero-order chi connectivity index (χ0) is 20.4. The Morgan fingerprint density at radius 3 is 2.55 bits per heavy atom. The average Bonchev–Trinajstić information content (AvgIpc) is 3.00. The summed E-state index contributed by atoms with van der Waals surface area (Å²) in [4.78, 5) is 31.7. The lowest BCUT2D eigenvalue weighted by atomic mass is 10.1. The number of anilines is 1. The summed E-state index contributed by atoms with van der Waals surface area (Å²) in [5.41, 5.74) is 3.75. The summed E-state index contributed by atoms with van der Waals surface area (Å²) in [5.74, 6) is -0.683. The van der Waals surface area contributed by atoms with Crippen LogP contribution in [0, 0.1) is 12.7 Å². The molecule has 2 aromatic carbocycles. The number of nitrogens with zero attached hydrogens (tertiary/aromatic N) is 2. The molecular weight excluding hydrogens is 369 g/mol. The minimum atomic E-state index is -0.477. The molecular formula is C23H20FN3O2. The second-order valence-corrected chi connectivity index (χ2v) is 7.07. The van der Waals surface area contributed by atoms with Crippen molar-refractivity contribution in [2.75, 3.05) is 4.90 Å². The number of halogens is 1. The number of aryl methyl sites for hydroxylation is 1. The van der Waals surface area contributed by atoms with Gasteiger partial charge in [0.1, 0.15) is 5.82 Å². The largest absolute Gasteiger partial charge is 0.352 e. The smallest absolute Gasteiger partial charge is 0.260 e. The molecule has 0 saturated carbocycles. The number of carbonyl (C=O) groups is 2. The van der Waals surface area contributed by atoms with E-state index in [9.17, 15) is 14.0 Å². The Balaban J connectivity index is 1.55. The molecule has 1 aliphatic rings. The number of aromatic nitrogens is 1. The molecule has 0 bridgehead atoms. The van der Waals surface area contributed by atoms with E-state index in [1.807, 2.05) is 31.2 Å². The fourth-order valence-corrected chi connectivity index (χ4v) is 3.50. The van der Waals surface area contributed by atoms with Crippen molar-refractivity contribution in [3.8, 4) is 0 Å². The first-order chi connectivity index (χ1) is 14.0. The number of pyridine rings is 1. The molecule has 1 aliphatic heterocycles. The molecule has 0 aliphatic carbocycles. The Bertz CT molecular complexity index is 1050. The molecule has 1 N–H and O–H groups in total. The number of nitrogens with one attached hydrogen (secondary N) is 1. The van der Waals surface area contributed by atoms with Crippen LogP contribution in [0.2, 0.25) is 0 Å². The number of amides is 2. The Morgan fingerprint density at radius 2 is 1.83 bits per heavy atom. The van der Waals surface area contributed by atoms with Crippen molar-refractivity contribution in [3.05, 3.63) is 95.1 Å². The van der Waals surface area contributed by atoms with Gasteiger partial charge in [-0.05, 0) is 48.9 Å². The average molecular weight is 389 g/mol. The highest BCUT2D eigenvalue weighted by Gasteiger charge is 2.39. The second-order valence-electron chi connectivity index (χ2n) is 7.07. The van der Waals surface area contributed by atoms with Crippen LogP contribution in [0.3, 0.4) is 0 Å². The molecule has 5 nitrogen and oxygen atoms in total. The van der Waals surface area contributed by atoms with Crippen molar-refractivity contribution >= 4 is 17.5 Å². The molecule has 146 valence electrons. The predicted molar refractivity (Wildman–Crippen MR) is 108 cm³/mol. The highest BCUT2D eigenvalue weighted by atomic mass is 19.1. The van der Waals surface area contributed by atoms with Gasteiger partial charge in [-0.25, -0.2) is 4.39 Å². The quantitative estimate of drug-likeness (QED) is 0.719. The molecule has 0 radical (unpaired) electrons. The van der Waals surface area contributed by atoms with Gasteiger partial charge in [0.15, 0.2) is 0 Å². The monoisotopic (exact) mass is 389 g/mol. The van der Waals surface area contributed by atoms with Crippen LogP contribution in [0.25, 0.3) is 0 Å². The summed E-state index contributed by atoms with van der Waals surface area (Å²) < 4.78 is 13.0. The van der Waals surface area contributed by atoms with Crippen molar-refractivity contribution in [1.82, 2.24) is 10.3 Å². The van der Waals surface area contributed by atoms with Crippen LogP contribution in [0.5, 0.6) is 0 Å². The van der Waals surface area contributed by atoms with Crippen LogP contribution in [0.4, 0.5) is 10.1 Å². The third kappa shape index (κ3) is 3.87. The SMILES string of the molecule is Cc1ccc(N2C(=O)c3cccnc3[C@H]2CC(=O)NCc2ccc(F)cc2)cc1. The van der Waals surface area contributed by atoms with Crippen LogP contribution in [0.1, 0.15) is 39.6 Å². The van der Waals surface area contributed by atoms with Crippen molar-refractivity contribution < 1.29 is 14.0 Å². The van der Waals surface area contributed by atoms with Gasteiger partial charge in [-0.15, -0.1) is 0 Å². The highest BCUT2D eigenvalue weighted by Crippen LogP contribution is 2.38. The standard InChI is InChI=1S/C23H20FN3O2/c1-15-4-10-18(11-5-15)27-20(22-19(23(27)29)3-2-12-25-22)13-21(28)26-14-16-6-8-17(24)9-7-16/h2-12,20H,13-14H2,1H3,(H,26,28)/t20-/m1/s1. The van der Waals surface area contributed by atoms with Gasteiger partial charge in [0.25, 0.3) is 5.91 Å². The molecule has 0 saturated heterocycles. The molecule has 2 heterocycles. The number of hydrogen-bond donors (Lipinski definition) is 1. The first-order valence-corrected chi connectivity index (χ1v) is 9.39. The van der Waals surface area contributed by atoms with E-state index < -0.39 is 6.04 Å². The van der Waals surface area contributed by atoms with E-state index in [0.29, 0.717) is 17.8 Å². The third-order valence-electron chi connectivity index (χ3n) is 5.01. The molecule has 3 aromatic rings. The third-order valence-corrected chi connectivity index (χ3v) is 5.01. The van der Waals surface area contributed by atoms with Gasteiger partial charge in [0, 0.05) is 18.4 Å². The minimum Gasteiger partial charge on any atom is -0.352 e. The summed E-state index contributed by atoms with van der Waals surface area (Å²) in [7, 11) is 0. The van der Waals surface area contributed by atoms with Gasteiger partial charge in [0.05, 0.1) is 23.7 Å². The molecule has 4 rings (SSSR count). The lowest BCUT2D eigenvalue weighted by Gasteiger charge is -2.24. The lowest BCUT2D eigenvalue weighted by Crippen LogP contribution is -2.33. The number of benzene rings is 2. The van der Waals surface area contributed by atoms with E-state index in [2.05, 4.69) is 10.3 Å². The van der Waals surface area contributed by atoms with E-state index in [1.165, 1.54) is 12.1 Å². The van der Waals surface area contributed by atoms with Crippen LogP contribution in [-0.2, 0) is 11.3 Å². The van der Waals surface area contributed by atoms with Crippen molar-refractivity contribution in [2.45, 2.75) is 25.9 Å². The summed E-state index contributed by atoms with van der Waals surface area (Å²) in [5, 5.41) is 2.84. The number of hydrogen-bond acceptors (Lipinski definition) is 3. The summed E-state index contributed by atoms with van der Waals surface area (Å²) in [6.07, 6.45) is 1.72. The van der Waals surface area contributed by atoms with Crippen LogP contribution < -0.4 is 10.2 Å². The Hall–Kier alpha value is -3.54. The highest BCUT2D eigenvalue weighted by molar-refractivity contribution is 6.11. The van der Waals surface area contributed by atoms with Gasteiger partial charge in [-0.2, -0.15) is 0 Å². The number of carbonyl (C=O) groups excluding carboxylic acids is 2. The molecule has 0 fully saturated rings. The lowest BCUT2D eigenvalue weighted by molar-refractivity contribution is -0.121. The van der Waals surface area contributed by atoms with Crippen LogP contribution in [-0.4, -0.2) is 16.8 Å². The van der Waals surface area contributed by atoms with Gasteiger partial charge < -0.3 is 5.32 Å². The molecule has 0 unspecified atom stereocenters. The van der Waals surface area contributed by atoms with E-state index >= 15 is 0 Å². The van der Waals surface area contributed by atoms with Gasteiger partial charge in [0.2, 0.25) is 5.91 Å². The van der Waals surface area contributed by atoms with Gasteiger partial charge in [-0.3, -0.25) is 19.5 Å². The van der Waals surface area contributed by atoms with Crippen molar-refractivity contribution in [1.29, 1.82) is 0 Å². The molecule has 1 atom stereocenters. The zero-order valence-corrected chi connectivity index (χ0v) is 15.9. The molecule has 6 heteroatoms. The Kier molecular flexibility index (Phi) is 5.08. The molecule has 2 amide bonds. The molecule has 1 aromatic heterocycles. The Labute approximate surface area is 168 Å². The summed E-state index contributed by atoms with van der Waals surface area (Å²) >= 11 is 0. The van der Waals surface area contributed by atoms with Gasteiger partial charge >= 0.3 is 0 Å². The topological polar surface area (TPSA) is 62.3 Å². The molecule has 0 spiro atoms. The first-order valence-electron chi connectivity index (χ1n) is 9.39. The maximum Gasteiger partial charge on any atom is 0.260 e. The van der Waals surface area contributed by atoms with E-state index in [0.717, 1.165) is 16.8 Å². The maximum absolute atomic E-state index is 13.0. The minimum absolute atomic E-state index is 0.0881. The fourth-order valence-electron chi connectivity index (χ4n) is 3.50. The first kappa shape index (κ1) is 18.8. The van der Waals surface area contributed by atoms with Gasteiger partial charge in [-0.1, -0.05) is 29.8 Å². The number of fused-ring (bicyclic) bond motifs is 1. The second kappa shape index (κ2) is 7.83. The van der Waals surface area contributed by atoms with E-state index in [4.69, 9.17) is 0 Å². The van der Waals surface area contributed by atoms with E-state index in [-0.39, 0.29) is 24.1 Å². The van der Waals surface area contributed by atoms with E-state index in [1.54, 1.807) is 35.4 Å². The van der Waals surface area contributed by atoms with Crippen LogP contribution in [0.15, 0.2) is 66.9 Å². The predicted octanol–water partition coefficient (Wildman–Crippen LogP) is 3.94. The summed E-state index contributed by atoms with van der Waals surface area (Å²) in [6.45, 7) is 2.27. The maximum atomic E-state index is 13.0. The normalized spacial score (nSPS) is 15.3. The van der Waals surface area contributed by atoms with Crippen LogP contribution >= 0.6 is 0 Å². The fraction of sp³-hybridized carbons (Fsp3) is 0.174. The van der Waals surface area contributed by atoms with Crippen molar-refractivity contribution in [3.63, 3.8) is 0 Å². The summed E-state index contributed by atoms with van der Waals surface area (Å²) in [6, 6.07) is 16.6.